The Morgan fingerprint density at radius 1 is 1.19 bits per heavy atom. The zero-order valence-corrected chi connectivity index (χ0v) is 10.8. The van der Waals surface area contributed by atoms with Crippen LogP contribution in [0.15, 0.2) is 18.2 Å². The molecule has 0 aliphatic carbocycles. The molecular formula is C15H22O. The Kier molecular flexibility index (Phi) is 3.22. The van der Waals surface area contributed by atoms with E-state index in [2.05, 4.69) is 45.9 Å². The normalized spacial score (nSPS) is 19.8. The molecular weight excluding hydrogens is 196 g/mol. The summed E-state index contributed by atoms with van der Waals surface area (Å²) in [5.74, 6) is 3.08. The van der Waals surface area contributed by atoms with E-state index in [1.807, 2.05) is 0 Å². The summed E-state index contributed by atoms with van der Waals surface area (Å²) in [6.45, 7) is 9.98. The quantitative estimate of drug-likeness (QED) is 0.728. The number of hydrogen-bond acceptors (Lipinski definition) is 1. The summed E-state index contributed by atoms with van der Waals surface area (Å²) in [6.07, 6.45) is 1.18. The van der Waals surface area contributed by atoms with Crippen molar-refractivity contribution in [1.82, 2.24) is 0 Å². The van der Waals surface area contributed by atoms with Crippen molar-refractivity contribution in [2.24, 2.45) is 11.8 Å². The largest absolute Gasteiger partial charge is 0.493 e. The fraction of sp³-hybridized carbons (Fsp3) is 0.600. The van der Waals surface area contributed by atoms with Crippen LogP contribution >= 0.6 is 0 Å². The van der Waals surface area contributed by atoms with Gasteiger partial charge < -0.3 is 4.74 Å². The summed E-state index contributed by atoms with van der Waals surface area (Å²) in [7, 11) is 0. The molecule has 0 saturated heterocycles. The van der Waals surface area contributed by atoms with Gasteiger partial charge in [0.1, 0.15) is 5.75 Å². The number of hydrogen-bond donors (Lipinski definition) is 0. The fourth-order valence-corrected chi connectivity index (χ4v) is 2.42. The van der Waals surface area contributed by atoms with E-state index in [0.29, 0.717) is 17.8 Å². The maximum absolute atomic E-state index is 5.89. The lowest BCUT2D eigenvalue weighted by Crippen LogP contribution is -2.26. The second kappa shape index (κ2) is 4.48. The predicted molar refractivity (Wildman–Crippen MR) is 68.1 cm³/mol. The number of benzene rings is 1. The zero-order chi connectivity index (χ0) is 11.7. The predicted octanol–water partition coefficient (Wildman–Crippen LogP) is 4.02. The lowest BCUT2D eigenvalue weighted by atomic mass is 9.84. The summed E-state index contributed by atoms with van der Waals surface area (Å²) in [6, 6.07) is 6.47. The van der Waals surface area contributed by atoms with Crippen molar-refractivity contribution in [1.29, 1.82) is 0 Å². The minimum absolute atomic E-state index is 0.587. The second-order valence-electron chi connectivity index (χ2n) is 5.50. The van der Waals surface area contributed by atoms with Crippen molar-refractivity contribution in [2.45, 2.75) is 40.0 Å². The zero-order valence-electron chi connectivity index (χ0n) is 10.8. The van der Waals surface area contributed by atoms with Crippen LogP contribution < -0.4 is 4.74 Å². The maximum atomic E-state index is 5.89. The standard InChI is InChI=1S/C15H22O/c1-10(2)12-8-14-13(11(3)4)6-5-7-15(14)16-9-12/h5-7,10-12H,8-9H2,1-4H3. The number of rotatable bonds is 2. The van der Waals surface area contributed by atoms with Gasteiger partial charge >= 0.3 is 0 Å². The van der Waals surface area contributed by atoms with Gasteiger partial charge in [-0.05, 0) is 41.4 Å². The van der Waals surface area contributed by atoms with Gasteiger partial charge in [0.2, 0.25) is 0 Å². The van der Waals surface area contributed by atoms with E-state index in [1.54, 1.807) is 0 Å². The van der Waals surface area contributed by atoms with Gasteiger partial charge in [0.25, 0.3) is 0 Å². The van der Waals surface area contributed by atoms with Crippen LogP contribution in [0.3, 0.4) is 0 Å². The molecule has 1 aliphatic heterocycles. The number of ether oxygens (including phenoxy) is 1. The van der Waals surface area contributed by atoms with Gasteiger partial charge in [-0.25, -0.2) is 0 Å². The molecule has 1 nitrogen and oxygen atoms in total. The molecule has 0 N–H and O–H groups in total. The highest BCUT2D eigenvalue weighted by Crippen LogP contribution is 2.35. The highest BCUT2D eigenvalue weighted by Gasteiger charge is 2.24. The molecule has 0 saturated carbocycles. The Labute approximate surface area is 98.8 Å². The second-order valence-corrected chi connectivity index (χ2v) is 5.50. The van der Waals surface area contributed by atoms with Crippen molar-refractivity contribution in [3.8, 4) is 5.75 Å². The third-order valence-electron chi connectivity index (χ3n) is 3.65. The molecule has 1 atom stereocenters. The molecule has 16 heavy (non-hydrogen) atoms. The van der Waals surface area contributed by atoms with Crippen LogP contribution in [0.1, 0.15) is 44.7 Å². The Bertz CT molecular complexity index is 366. The summed E-state index contributed by atoms with van der Waals surface area (Å²) in [4.78, 5) is 0. The molecule has 2 rings (SSSR count). The van der Waals surface area contributed by atoms with E-state index in [4.69, 9.17) is 4.74 Å². The molecule has 1 aromatic carbocycles. The average Bonchev–Trinajstić information content (AvgIpc) is 2.27. The monoisotopic (exact) mass is 218 g/mol. The first-order valence-corrected chi connectivity index (χ1v) is 6.34. The van der Waals surface area contributed by atoms with Crippen LogP contribution in [0.5, 0.6) is 5.75 Å². The minimum atomic E-state index is 0.587. The van der Waals surface area contributed by atoms with Crippen molar-refractivity contribution in [2.75, 3.05) is 6.61 Å². The molecule has 1 aromatic rings. The lowest BCUT2D eigenvalue weighted by molar-refractivity contribution is 0.184. The van der Waals surface area contributed by atoms with Crippen LogP contribution in [0.4, 0.5) is 0 Å². The van der Waals surface area contributed by atoms with Crippen molar-refractivity contribution in [3.63, 3.8) is 0 Å². The van der Waals surface area contributed by atoms with Crippen molar-refractivity contribution >= 4 is 0 Å². The van der Waals surface area contributed by atoms with Crippen LogP contribution in [-0.4, -0.2) is 6.61 Å². The van der Waals surface area contributed by atoms with E-state index in [1.165, 1.54) is 17.5 Å². The molecule has 0 bridgehead atoms. The Morgan fingerprint density at radius 2 is 1.94 bits per heavy atom. The van der Waals surface area contributed by atoms with E-state index >= 15 is 0 Å². The first-order chi connectivity index (χ1) is 7.59. The van der Waals surface area contributed by atoms with E-state index < -0.39 is 0 Å². The highest BCUT2D eigenvalue weighted by molar-refractivity contribution is 5.43. The highest BCUT2D eigenvalue weighted by atomic mass is 16.5. The molecule has 0 fully saturated rings. The van der Waals surface area contributed by atoms with Gasteiger partial charge in [0.05, 0.1) is 6.61 Å². The summed E-state index contributed by atoms with van der Waals surface area (Å²) in [5.41, 5.74) is 2.91. The Morgan fingerprint density at radius 3 is 2.56 bits per heavy atom. The van der Waals surface area contributed by atoms with E-state index in [-0.39, 0.29) is 0 Å². The molecule has 1 aliphatic rings. The van der Waals surface area contributed by atoms with Crippen molar-refractivity contribution in [3.05, 3.63) is 29.3 Å². The smallest absolute Gasteiger partial charge is 0.122 e. The van der Waals surface area contributed by atoms with E-state index in [9.17, 15) is 0 Å². The van der Waals surface area contributed by atoms with Crippen LogP contribution in [0.25, 0.3) is 0 Å². The molecule has 0 aromatic heterocycles. The molecule has 0 radical (unpaired) electrons. The third-order valence-corrected chi connectivity index (χ3v) is 3.65. The first kappa shape index (κ1) is 11.5. The summed E-state index contributed by atoms with van der Waals surface area (Å²) >= 11 is 0. The molecule has 88 valence electrons. The first-order valence-electron chi connectivity index (χ1n) is 6.34. The van der Waals surface area contributed by atoms with Gasteiger partial charge in [0.15, 0.2) is 0 Å². The SMILES string of the molecule is CC(C)c1cccc2c1CC(C(C)C)CO2. The molecule has 1 heteroatoms. The Balaban J connectivity index is 2.34. The number of fused-ring (bicyclic) bond motifs is 1. The lowest BCUT2D eigenvalue weighted by Gasteiger charge is -2.30. The fourth-order valence-electron chi connectivity index (χ4n) is 2.42. The average molecular weight is 218 g/mol. The Hall–Kier alpha value is -0.980. The maximum Gasteiger partial charge on any atom is 0.122 e. The molecule has 0 amide bonds. The summed E-state index contributed by atoms with van der Waals surface area (Å²) < 4.78 is 5.89. The minimum Gasteiger partial charge on any atom is -0.493 e. The van der Waals surface area contributed by atoms with Crippen LogP contribution in [-0.2, 0) is 6.42 Å². The van der Waals surface area contributed by atoms with Crippen molar-refractivity contribution < 1.29 is 4.74 Å². The van der Waals surface area contributed by atoms with Gasteiger partial charge in [0, 0.05) is 0 Å². The third kappa shape index (κ3) is 2.09. The van der Waals surface area contributed by atoms with Crippen LogP contribution in [0, 0.1) is 11.8 Å². The van der Waals surface area contributed by atoms with Crippen LogP contribution in [0.2, 0.25) is 0 Å². The summed E-state index contributed by atoms with van der Waals surface area (Å²) in [5, 5.41) is 0. The molecule has 0 spiro atoms. The molecule has 1 heterocycles. The van der Waals surface area contributed by atoms with E-state index in [0.717, 1.165) is 12.4 Å². The van der Waals surface area contributed by atoms with Gasteiger partial charge in [-0.15, -0.1) is 0 Å². The van der Waals surface area contributed by atoms with Gasteiger partial charge in [-0.2, -0.15) is 0 Å². The topological polar surface area (TPSA) is 9.23 Å². The van der Waals surface area contributed by atoms with Gasteiger partial charge in [-0.1, -0.05) is 39.8 Å². The van der Waals surface area contributed by atoms with Gasteiger partial charge in [-0.3, -0.25) is 0 Å². The molecule has 1 unspecified atom stereocenters.